The van der Waals surface area contributed by atoms with E-state index in [1.165, 1.54) is 6.07 Å². The molecule has 2 N–H and O–H groups in total. The second-order valence-corrected chi connectivity index (χ2v) is 5.24. The summed E-state index contributed by atoms with van der Waals surface area (Å²) in [5.74, 6) is -1.59. The Balaban J connectivity index is 1.83. The predicted molar refractivity (Wildman–Crippen MR) is 82.2 cm³/mol. The lowest BCUT2D eigenvalue weighted by Gasteiger charge is -2.09. The van der Waals surface area contributed by atoms with Crippen molar-refractivity contribution in [1.29, 1.82) is 0 Å². The molecular weight excluding hydrogens is 342 g/mol. The van der Waals surface area contributed by atoms with Crippen LogP contribution in [0.25, 0.3) is 0 Å². The highest BCUT2D eigenvalue weighted by Gasteiger charge is 2.08. The van der Waals surface area contributed by atoms with Gasteiger partial charge in [-0.05, 0) is 36.4 Å². The Bertz CT molecular complexity index is 612. The topological polar surface area (TPSA) is 41.1 Å². The van der Waals surface area contributed by atoms with Gasteiger partial charge in [-0.3, -0.25) is 4.79 Å². The van der Waals surface area contributed by atoms with Crippen molar-refractivity contribution in [2.75, 3.05) is 17.2 Å². The van der Waals surface area contributed by atoms with Crippen molar-refractivity contribution in [1.82, 2.24) is 0 Å². The molecule has 0 heterocycles. The van der Waals surface area contributed by atoms with E-state index in [1.54, 1.807) is 12.1 Å². The van der Waals surface area contributed by atoms with Crippen LogP contribution in [0, 0.1) is 11.6 Å². The average Bonchev–Trinajstić information content (AvgIpc) is 2.45. The molecule has 0 unspecified atom stereocenters. The van der Waals surface area contributed by atoms with Gasteiger partial charge in [0.1, 0.15) is 17.3 Å². The van der Waals surface area contributed by atoms with E-state index in [2.05, 4.69) is 26.6 Å². The molecule has 2 rings (SSSR count). The monoisotopic (exact) mass is 354 g/mol. The third-order valence-corrected chi connectivity index (χ3v) is 3.27. The zero-order valence-electron chi connectivity index (χ0n) is 11.0. The van der Waals surface area contributed by atoms with Crippen LogP contribution in [-0.2, 0) is 4.79 Å². The zero-order chi connectivity index (χ0) is 15.2. The molecule has 6 heteroatoms. The van der Waals surface area contributed by atoms with Gasteiger partial charge in [0, 0.05) is 23.1 Å². The maximum Gasteiger partial charge on any atom is 0.226 e. The minimum atomic E-state index is -0.677. The summed E-state index contributed by atoms with van der Waals surface area (Å²) in [6, 6.07) is 10.7. The summed E-state index contributed by atoms with van der Waals surface area (Å²) in [5.41, 5.74) is 0.453. The lowest BCUT2D eigenvalue weighted by atomic mass is 10.2. The van der Waals surface area contributed by atoms with E-state index in [-0.39, 0.29) is 24.6 Å². The maximum absolute atomic E-state index is 13.4. The van der Waals surface area contributed by atoms with Crippen LogP contribution in [0.2, 0.25) is 0 Å². The van der Waals surface area contributed by atoms with Crippen molar-refractivity contribution in [2.45, 2.75) is 6.42 Å². The van der Waals surface area contributed by atoms with E-state index in [0.29, 0.717) is 5.69 Å². The number of halogens is 3. The van der Waals surface area contributed by atoms with Crippen LogP contribution in [0.4, 0.5) is 20.2 Å². The van der Waals surface area contributed by atoms with Gasteiger partial charge in [0.05, 0.1) is 0 Å². The number of nitrogens with one attached hydrogen (secondary N) is 2. The summed E-state index contributed by atoms with van der Waals surface area (Å²) in [6.45, 7) is 0.139. The van der Waals surface area contributed by atoms with Crippen LogP contribution in [0.15, 0.2) is 46.9 Å². The molecule has 2 aromatic carbocycles. The van der Waals surface area contributed by atoms with Crippen LogP contribution < -0.4 is 10.6 Å². The quantitative estimate of drug-likeness (QED) is 0.845. The van der Waals surface area contributed by atoms with Crippen LogP contribution in [0.1, 0.15) is 6.42 Å². The fourth-order valence-electron chi connectivity index (χ4n) is 1.72. The van der Waals surface area contributed by atoms with Crippen LogP contribution in [0.5, 0.6) is 0 Å². The van der Waals surface area contributed by atoms with Crippen LogP contribution >= 0.6 is 15.9 Å². The first kappa shape index (κ1) is 15.4. The van der Waals surface area contributed by atoms with E-state index < -0.39 is 11.6 Å². The Morgan fingerprint density at radius 1 is 1.05 bits per heavy atom. The number of carbonyl (C=O) groups excluding carboxylic acids is 1. The van der Waals surface area contributed by atoms with E-state index in [4.69, 9.17) is 0 Å². The number of para-hydroxylation sites is 1. The molecule has 0 radical (unpaired) electrons. The molecule has 0 atom stereocenters. The molecule has 0 saturated heterocycles. The Morgan fingerprint density at radius 2 is 1.67 bits per heavy atom. The molecule has 0 aliphatic heterocycles. The van der Waals surface area contributed by atoms with Crippen LogP contribution in [-0.4, -0.2) is 12.5 Å². The highest BCUT2D eigenvalue weighted by atomic mass is 79.9. The third-order valence-electron chi connectivity index (χ3n) is 2.74. The van der Waals surface area contributed by atoms with E-state index in [1.807, 2.05) is 12.1 Å². The average molecular weight is 355 g/mol. The number of anilines is 2. The van der Waals surface area contributed by atoms with Gasteiger partial charge in [-0.15, -0.1) is 0 Å². The molecule has 110 valence electrons. The minimum absolute atomic E-state index is 0.101. The molecule has 2 aromatic rings. The number of benzene rings is 2. The lowest BCUT2D eigenvalue weighted by Crippen LogP contribution is -2.17. The molecule has 0 spiro atoms. The summed E-state index contributed by atoms with van der Waals surface area (Å²) in [5, 5.41) is 5.29. The fourth-order valence-corrected chi connectivity index (χ4v) is 1.99. The maximum atomic E-state index is 13.4. The summed E-state index contributed by atoms with van der Waals surface area (Å²) >= 11 is 3.30. The smallest absolute Gasteiger partial charge is 0.226 e. The number of rotatable bonds is 5. The zero-order valence-corrected chi connectivity index (χ0v) is 12.6. The lowest BCUT2D eigenvalue weighted by molar-refractivity contribution is -0.115. The Kier molecular flexibility index (Phi) is 5.27. The van der Waals surface area contributed by atoms with Crippen molar-refractivity contribution in [3.63, 3.8) is 0 Å². The number of amides is 1. The van der Waals surface area contributed by atoms with Gasteiger partial charge in [-0.25, -0.2) is 8.78 Å². The number of hydrogen-bond donors (Lipinski definition) is 2. The Labute approximate surface area is 129 Å². The molecular formula is C15H13BrF2N2O. The fraction of sp³-hybridized carbons (Fsp3) is 0.133. The van der Waals surface area contributed by atoms with Crippen molar-refractivity contribution >= 4 is 33.2 Å². The SMILES string of the molecule is O=C(CCNc1c(F)cccc1F)Nc1ccc(Br)cc1. The molecule has 0 fully saturated rings. The second-order valence-electron chi connectivity index (χ2n) is 4.33. The van der Waals surface area contributed by atoms with Gasteiger partial charge in [0.25, 0.3) is 0 Å². The number of carbonyl (C=O) groups is 1. The first-order valence-electron chi connectivity index (χ1n) is 6.29. The first-order chi connectivity index (χ1) is 10.1. The van der Waals surface area contributed by atoms with Gasteiger partial charge >= 0.3 is 0 Å². The van der Waals surface area contributed by atoms with Crippen LogP contribution in [0.3, 0.4) is 0 Å². The standard InChI is InChI=1S/C15H13BrF2N2O/c16-10-4-6-11(7-5-10)20-14(21)8-9-19-15-12(17)2-1-3-13(15)18/h1-7,19H,8-9H2,(H,20,21). The van der Waals surface area contributed by atoms with Gasteiger partial charge < -0.3 is 10.6 Å². The second kappa shape index (κ2) is 7.17. The largest absolute Gasteiger partial charge is 0.380 e. The minimum Gasteiger partial charge on any atom is -0.380 e. The summed E-state index contributed by atoms with van der Waals surface area (Å²) in [6.07, 6.45) is 0.101. The first-order valence-corrected chi connectivity index (χ1v) is 7.09. The summed E-state index contributed by atoms with van der Waals surface area (Å²) in [7, 11) is 0. The molecule has 0 saturated carbocycles. The Morgan fingerprint density at radius 3 is 2.29 bits per heavy atom. The molecule has 21 heavy (non-hydrogen) atoms. The van der Waals surface area contributed by atoms with Crippen molar-refractivity contribution in [2.24, 2.45) is 0 Å². The Hall–Kier alpha value is -1.95. The van der Waals surface area contributed by atoms with Gasteiger partial charge in [0.15, 0.2) is 0 Å². The predicted octanol–water partition coefficient (Wildman–Crippen LogP) is 4.17. The molecule has 0 aliphatic rings. The van der Waals surface area contributed by atoms with Crippen molar-refractivity contribution in [3.8, 4) is 0 Å². The molecule has 0 aromatic heterocycles. The van der Waals surface area contributed by atoms with E-state index >= 15 is 0 Å². The van der Waals surface area contributed by atoms with E-state index in [9.17, 15) is 13.6 Å². The summed E-state index contributed by atoms with van der Waals surface area (Å²) in [4.78, 5) is 11.7. The highest BCUT2D eigenvalue weighted by molar-refractivity contribution is 9.10. The van der Waals surface area contributed by atoms with E-state index in [0.717, 1.165) is 16.6 Å². The normalized spacial score (nSPS) is 10.2. The number of hydrogen-bond acceptors (Lipinski definition) is 2. The third kappa shape index (κ3) is 4.53. The van der Waals surface area contributed by atoms with Crippen molar-refractivity contribution < 1.29 is 13.6 Å². The van der Waals surface area contributed by atoms with Crippen molar-refractivity contribution in [3.05, 3.63) is 58.6 Å². The molecule has 0 aliphatic carbocycles. The molecule has 3 nitrogen and oxygen atoms in total. The van der Waals surface area contributed by atoms with Gasteiger partial charge in [-0.2, -0.15) is 0 Å². The molecule has 0 bridgehead atoms. The van der Waals surface area contributed by atoms with Gasteiger partial charge in [-0.1, -0.05) is 22.0 Å². The van der Waals surface area contributed by atoms with Gasteiger partial charge in [0.2, 0.25) is 5.91 Å². The summed E-state index contributed by atoms with van der Waals surface area (Å²) < 4.78 is 27.6. The molecule has 1 amide bonds. The highest BCUT2D eigenvalue weighted by Crippen LogP contribution is 2.18.